The Hall–Kier alpha value is -4.87. The lowest BCUT2D eigenvalue weighted by Gasteiger charge is -2.26. The van der Waals surface area contributed by atoms with Gasteiger partial charge in [-0.25, -0.2) is 0 Å². The standard InChI is InChI=1S/C40H29N3OS/c1-2-4-24(5-3-1)25-7-12-39-31(19-25)32-20-27(8-13-40(32)45-39)26-6-10-37-29(18-26)30-21-28(9-11-38(30)44-37)43-35-14-16-41-22-33(35)34-23-42-17-15-36(34)43/h1-2,4,6-18,21-23,27,31H,3,5,19-20H2. The zero-order chi connectivity index (χ0) is 29.5. The maximum Gasteiger partial charge on any atom is 0.135 e. The largest absolute Gasteiger partial charge is 0.456 e. The van der Waals surface area contributed by atoms with Gasteiger partial charge in [0.15, 0.2) is 0 Å². The summed E-state index contributed by atoms with van der Waals surface area (Å²) in [7, 11) is 0. The molecule has 0 N–H and O–H groups in total. The van der Waals surface area contributed by atoms with Gasteiger partial charge in [-0.2, -0.15) is 0 Å². The van der Waals surface area contributed by atoms with Crippen LogP contribution in [0.15, 0.2) is 147 Å². The Morgan fingerprint density at radius 1 is 0.778 bits per heavy atom. The molecule has 3 aliphatic carbocycles. The van der Waals surface area contributed by atoms with Crippen LogP contribution in [0.1, 0.15) is 37.2 Å². The number of furan rings is 1. The van der Waals surface area contributed by atoms with E-state index in [1.165, 1.54) is 31.9 Å². The van der Waals surface area contributed by atoms with Gasteiger partial charge in [-0.15, -0.1) is 0 Å². The van der Waals surface area contributed by atoms with Gasteiger partial charge in [0.1, 0.15) is 11.2 Å². The van der Waals surface area contributed by atoms with E-state index >= 15 is 0 Å². The molecule has 0 fully saturated rings. The van der Waals surface area contributed by atoms with Crippen molar-refractivity contribution < 1.29 is 4.42 Å². The van der Waals surface area contributed by atoms with Gasteiger partial charge in [0, 0.05) is 68.8 Å². The monoisotopic (exact) mass is 599 g/mol. The summed E-state index contributed by atoms with van der Waals surface area (Å²) in [5, 5.41) is 4.52. The molecular weight excluding hydrogens is 571 g/mol. The topological polar surface area (TPSA) is 43.9 Å². The van der Waals surface area contributed by atoms with Crippen LogP contribution in [0.5, 0.6) is 0 Å². The number of hydrogen-bond acceptors (Lipinski definition) is 4. The number of hydrogen-bond donors (Lipinski definition) is 0. The number of rotatable bonds is 3. The van der Waals surface area contributed by atoms with Gasteiger partial charge >= 0.3 is 0 Å². The van der Waals surface area contributed by atoms with E-state index in [0.29, 0.717) is 11.8 Å². The van der Waals surface area contributed by atoms with Crippen molar-refractivity contribution >= 4 is 55.5 Å². The molecule has 0 bridgehead atoms. The molecule has 4 aliphatic rings. The zero-order valence-corrected chi connectivity index (χ0v) is 25.4. The minimum absolute atomic E-state index is 0.352. The van der Waals surface area contributed by atoms with Crippen molar-refractivity contribution in [3.63, 3.8) is 0 Å². The third-order valence-corrected chi connectivity index (χ3v) is 11.3. The van der Waals surface area contributed by atoms with Gasteiger partial charge in [0.05, 0.1) is 11.0 Å². The van der Waals surface area contributed by atoms with Crippen LogP contribution < -0.4 is 0 Å². The predicted octanol–water partition coefficient (Wildman–Crippen LogP) is 10.6. The van der Waals surface area contributed by atoms with Crippen LogP contribution in [0, 0.1) is 5.92 Å². The van der Waals surface area contributed by atoms with Crippen molar-refractivity contribution in [1.29, 1.82) is 0 Å². The molecule has 45 heavy (non-hydrogen) atoms. The molecule has 10 rings (SSSR count). The van der Waals surface area contributed by atoms with E-state index in [2.05, 4.69) is 106 Å². The summed E-state index contributed by atoms with van der Waals surface area (Å²) in [5.74, 6) is 0.867. The SMILES string of the molecule is C1=CCCC(C2=CC=C3SC4=C(CC(c5ccc6oc7ccc(-n8c9ccncc9c9cnccc98)cc7c6c5)C=C4)C3C2)=C1. The van der Waals surface area contributed by atoms with Crippen LogP contribution in [-0.2, 0) is 0 Å². The van der Waals surface area contributed by atoms with E-state index in [9.17, 15) is 0 Å². The van der Waals surface area contributed by atoms with E-state index in [1.807, 2.05) is 36.5 Å². The lowest BCUT2D eigenvalue weighted by molar-refractivity contribution is 0.656. The lowest BCUT2D eigenvalue weighted by Crippen LogP contribution is -2.12. The zero-order valence-electron chi connectivity index (χ0n) is 24.6. The first-order valence-electron chi connectivity index (χ1n) is 15.8. The third-order valence-electron chi connectivity index (χ3n) is 10.1. The number of fused-ring (bicyclic) bond motifs is 8. The first kappa shape index (κ1) is 25.5. The smallest absolute Gasteiger partial charge is 0.135 e. The molecule has 4 nitrogen and oxygen atoms in total. The summed E-state index contributed by atoms with van der Waals surface area (Å²) in [4.78, 5) is 11.8. The molecule has 5 heteroatoms. The average Bonchev–Trinajstić information content (AvgIpc) is 3.77. The van der Waals surface area contributed by atoms with Crippen LogP contribution in [0.25, 0.3) is 49.4 Å². The van der Waals surface area contributed by atoms with Crippen molar-refractivity contribution in [2.45, 2.75) is 31.6 Å². The van der Waals surface area contributed by atoms with Crippen molar-refractivity contribution in [3.8, 4) is 5.69 Å². The minimum Gasteiger partial charge on any atom is -0.456 e. The lowest BCUT2D eigenvalue weighted by atomic mass is 9.77. The molecule has 0 amide bonds. The summed E-state index contributed by atoms with van der Waals surface area (Å²) >= 11 is 1.98. The van der Waals surface area contributed by atoms with Gasteiger partial charge in [-0.05, 0) is 95.3 Å². The minimum atomic E-state index is 0.352. The van der Waals surface area contributed by atoms with Gasteiger partial charge < -0.3 is 8.98 Å². The highest BCUT2D eigenvalue weighted by Crippen LogP contribution is 2.55. The highest BCUT2D eigenvalue weighted by atomic mass is 32.2. The number of pyridine rings is 2. The molecule has 2 atom stereocenters. The molecule has 2 unspecified atom stereocenters. The Kier molecular flexibility index (Phi) is 5.55. The molecule has 0 spiro atoms. The summed E-state index contributed by atoms with van der Waals surface area (Å²) in [6.07, 6.45) is 28.5. The maximum atomic E-state index is 6.37. The molecule has 6 aromatic rings. The van der Waals surface area contributed by atoms with E-state index in [1.54, 1.807) is 5.57 Å². The predicted molar refractivity (Wildman–Crippen MR) is 185 cm³/mol. The summed E-state index contributed by atoms with van der Waals surface area (Å²) < 4.78 is 8.68. The number of thioether (sulfide) groups is 1. The van der Waals surface area contributed by atoms with Crippen LogP contribution in [0.3, 0.4) is 0 Å². The first-order valence-corrected chi connectivity index (χ1v) is 16.6. The molecule has 4 aromatic heterocycles. The second-order valence-electron chi connectivity index (χ2n) is 12.5. The fraction of sp³-hybridized carbons (Fsp3) is 0.150. The summed E-state index contributed by atoms with van der Waals surface area (Å²) in [6, 6.07) is 17.5. The number of benzene rings is 2. The number of aromatic nitrogens is 3. The maximum absolute atomic E-state index is 6.37. The average molecular weight is 600 g/mol. The molecule has 2 aromatic carbocycles. The second-order valence-corrected chi connectivity index (χ2v) is 13.6. The Morgan fingerprint density at radius 3 is 2.38 bits per heavy atom. The normalized spacial score (nSPS) is 21.0. The third kappa shape index (κ3) is 3.93. The fourth-order valence-electron chi connectivity index (χ4n) is 7.82. The highest BCUT2D eigenvalue weighted by molar-refractivity contribution is 8.07. The molecule has 0 radical (unpaired) electrons. The van der Waals surface area contributed by atoms with E-state index < -0.39 is 0 Å². The van der Waals surface area contributed by atoms with E-state index in [4.69, 9.17) is 4.42 Å². The molecule has 0 saturated heterocycles. The Balaban J connectivity index is 1.01. The molecule has 0 saturated carbocycles. The Morgan fingerprint density at radius 2 is 1.58 bits per heavy atom. The van der Waals surface area contributed by atoms with Crippen LogP contribution in [0.4, 0.5) is 0 Å². The molecule has 1 aliphatic heterocycles. The molecule has 5 heterocycles. The highest BCUT2D eigenvalue weighted by Gasteiger charge is 2.35. The fourth-order valence-corrected chi connectivity index (χ4v) is 9.08. The van der Waals surface area contributed by atoms with E-state index in [-0.39, 0.29) is 0 Å². The van der Waals surface area contributed by atoms with Crippen molar-refractivity contribution in [3.05, 3.63) is 148 Å². The van der Waals surface area contributed by atoms with Crippen molar-refractivity contribution in [1.82, 2.24) is 14.5 Å². The molecular formula is C40H29N3OS. The summed E-state index contributed by atoms with van der Waals surface area (Å²) in [5.41, 5.74) is 11.2. The van der Waals surface area contributed by atoms with Gasteiger partial charge in [-0.3, -0.25) is 9.97 Å². The number of nitrogens with zero attached hydrogens (tertiary/aromatic N) is 3. The molecule has 216 valence electrons. The summed E-state index contributed by atoms with van der Waals surface area (Å²) in [6.45, 7) is 0. The Bertz CT molecular complexity index is 2370. The van der Waals surface area contributed by atoms with E-state index in [0.717, 1.165) is 69.7 Å². The Labute approximate surface area is 264 Å². The van der Waals surface area contributed by atoms with Gasteiger partial charge in [0.25, 0.3) is 0 Å². The van der Waals surface area contributed by atoms with Crippen molar-refractivity contribution in [2.75, 3.05) is 0 Å². The van der Waals surface area contributed by atoms with Gasteiger partial charge in [-0.1, -0.05) is 60.4 Å². The number of allylic oxidation sites excluding steroid dienone is 11. The van der Waals surface area contributed by atoms with Crippen LogP contribution >= 0.6 is 11.8 Å². The van der Waals surface area contributed by atoms with Gasteiger partial charge in [0.2, 0.25) is 0 Å². The van der Waals surface area contributed by atoms with Crippen LogP contribution in [0.2, 0.25) is 0 Å². The van der Waals surface area contributed by atoms with Crippen molar-refractivity contribution in [2.24, 2.45) is 5.92 Å². The van der Waals surface area contributed by atoms with Crippen LogP contribution in [-0.4, -0.2) is 14.5 Å². The quantitative estimate of drug-likeness (QED) is 0.203. The second kappa shape index (κ2) is 9.82. The first-order chi connectivity index (χ1) is 22.3.